The van der Waals surface area contributed by atoms with Crippen molar-refractivity contribution >= 4 is 17.7 Å². The van der Waals surface area contributed by atoms with Crippen LogP contribution >= 0.6 is 0 Å². The van der Waals surface area contributed by atoms with Crippen LogP contribution in [0.5, 0.6) is 0 Å². The first kappa shape index (κ1) is 19.9. The number of rotatable bonds is 5. The monoisotopic (exact) mass is 418 g/mol. The lowest BCUT2D eigenvalue weighted by atomic mass is 10.0. The lowest BCUT2D eigenvalue weighted by molar-refractivity contribution is -0.136. The number of piperidine rings is 1. The predicted molar refractivity (Wildman–Crippen MR) is 115 cm³/mol. The highest BCUT2D eigenvalue weighted by Gasteiger charge is 2.39. The highest BCUT2D eigenvalue weighted by molar-refractivity contribution is 6.05. The van der Waals surface area contributed by atoms with Crippen LogP contribution in [0.25, 0.3) is 0 Å². The fraction of sp³-hybridized carbons (Fsp3) is 0.375. The summed E-state index contributed by atoms with van der Waals surface area (Å²) in [5.41, 5.74) is 6.60. The summed E-state index contributed by atoms with van der Waals surface area (Å²) in [5, 5.41) is 9.27. The molecule has 5 rings (SSSR count). The third-order valence-corrected chi connectivity index (χ3v) is 6.57. The van der Waals surface area contributed by atoms with Crippen molar-refractivity contribution < 1.29 is 14.4 Å². The molecule has 3 N–H and O–H groups in total. The molecule has 0 radical (unpaired) electrons. The van der Waals surface area contributed by atoms with Gasteiger partial charge in [0.2, 0.25) is 11.8 Å². The van der Waals surface area contributed by atoms with Gasteiger partial charge in [-0.15, -0.1) is 0 Å². The second kappa shape index (κ2) is 7.90. The van der Waals surface area contributed by atoms with E-state index in [0.29, 0.717) is 25.1 Å². The maximum Gasteiger partial charge on any atom is 0.255 e. The van der Waals surface area contributed by atoms with Crippen molar-refractivity contribution in [1.29, 1.82) is 0 Å². The summed E-state index contributed by atoms with van der Waals surface area (Å²) in [4.78, 5) is 38.2. The van der Waals surface area contributed by atoms with Crippen molar-refractivity contribution in [3.63, 3.8) is 0 Å². The Labute approximate surface area is 181 Å². The number of carbonyl (C=O) groups is 3. The zero-order chi connectivity index (χ0) is 21.5. The molecule has 3 aliphatic rings. The first-order chi connectivity index (χ1) is 15.0. The van der Waals surface area contributed by atoms with E-state index in [1.165, 1.54) is 16.7 Å². The molecule has 1 fully saturated rings. The molecule has 0 aliphatic carbocycles. The Bertz CT molecular complexity index is 1080. The van der Waals surface area contributed by atoms with Crippen LogP contribution in [-0.2, 0) is 35.8 Å². The Hall–Kier alpha value is -3.03. The van der Waals surface area contributed by atoms with E-state index in [1.54, 1.807) is 4.90 Å². The maximum atomic E-state index is 13.0. The number of fused-ring (bicyclic) bond motifs is 2. The quantitative estimate of drug-likeness (QED) is 0.646. The summed E-state index contributed by atoms with van der Waals surface area (Å²) in [7, 11) is 0. The molecule has 1 saturated heterocycles. The summed E-state index contributed by atoms with van der Waals surface area (Å²) in [6, 6.07) is 12.2. The number of benzene rings is 2. The molecule has 3 amide bonds. The minimum absolute atomic E-state index is 0.134. The lowest BCUT2D eigenvalue weighted by Gasteiger charge is -2.29. The predicted octanol–water partition coefficient (Wildman–Crippen LogP) is 1.90. The molecule has 3 aliphatic heterocycles. The van der Waals surface area contributed by atoms with E-state index in [9.17, 15) is 14.4 Å². The third kappa shape index (κ3) is 3.75. The van der Waals surface area contributed by atoms with E-state index in [4.69, 9.17) is 0 Å². The Kier molecular flexibility index (Phi) is 5.08. The minimum Gasteiger partial charge on any atom is -0.322 e. The zero-order valence-electron chi connectivity index (χ0n) is 17.5. The van der Waals surface area contributed by atoms with E-state index < -0.39 is 6.04 Å². The first-order valence-corrected chi connectivity index (χ1v) is 10.8. The van der Waals surface area contributed by atoms with Gasteiger partial charge in [0.1, 0.15) is 6.04 Å². The molecule has 0 spiro atoms. The largest absolute Gasteiger partial charge is 0.322 e. The topological polar surface area (TPSA) is 90.5 Å². The molecule has 2 aromatic rings. The number of imide groups is 1. The van der Waals surface area contributed by atoms with Gasteiger partial charge in [0.25, 0.3) is 5.91 Å². The summed E-state index contributed by atoms with van der Waals surface area (Å²) in [6.45, 7) is 5.07. The molecule has 0 aromatic heterocycles. The van der Waals surface area contributed by atoms with Gasteiger partial charge in [0.15, 0.2) is 0 Å². The highest BCUT2D eigenvalue weighted by Crippen LogP contribution is 2.28. The van der Waals surface area contributed by atoms with E-state index in [2.05, 4.69) is 41.1 Å². The smallest absolute Gasteiger partial charge is 0.255 e. The van der Waals surface area contributed by atoms with Crippen LogP contribution in [0, 0.1) is 0 Å². The van der Waals surface area contributed by atoms with E-state index in [1.807, 2.05) is 18.2 Å². The van der Waals surface area contributed by atoms with Crippen molar-refractivity contribution in [1.82, 2.24) is 20.9 Å². The molecule has 2 unspecified atom stereocenters. The standard InChI is InChI=1S/C24H26N4O3/c1-14(16-4-5-17-11-25-12-19(17)9-16)26-10-15-2-3-18-13-28(24(31)20(18)8-15)21-6-7-22(29)27-23(21)30/h2-5,8-9,14,21,25-26H,6-7,10-13H2,1H3,(H,27,29,30). The summed E-state index contributed by atoms with van der Waals surface area (Å²) in [5.74, 6) is -0.782. The van der Waals surface area contributed by atoms with Crippen LogP contribution in [0.15, 0.2) is 36.4 Å². The average molecular weight is 418 g/mol. The number of hydrogen-bond donors (Lipinski definition) is 3. The SMILES string of the molecule is CC(NCc1ccc2c(c1)C(=O)N(C1CCC(=O)NC1=O)C2)c1ccc2c(c1)CNC2. The van der Waals surface area contributed by atoms with E-state index >= 15 is 0 Å². The van der Waals surface area contributed by atoms with Gasteiger partial charge in [0, 0.05) is 44.2 Å². The number of hydrogen-bond acceptors (Lipinski definition) is 5. The van der Waals surface area contributed by atoms with E-state index in [0.717, 1.165) is 24.2 Å². The average Bonchev–Trinajstić information content (AvgIpc) is 3.36. The van der Waals surface area contributed by atoms with Crippen LogP contribution in [-0.4, -0.2) is 28.7 Å². The fourth-order valence-corrected chi connectivity index (χ4v) is 4.68. The van der Waals surface area contributed by atoms with Crippen LogP contribution in [0.3, 0.4) is 0 Å². The van der Waals surface area contributed by atoms with Gasteiger partial charge in [-0.3, -0.25) is 19.7 Å². The normalized spacial score (nSPS) is 21.1. The van der Waals surface area contributed by atoms with Crippen LogP contribution < -0.4 is 16.0 Å². The fourth-order valence-electron chi connectivity index (χ4n) is 4.68. The highest BCUT2D eigenvalue weighted by atomic mass is 16.2. The zero-order valence-corrected chi connectivity index (χ0v) is 17.5. The van der Waals surface area contributed by atoms with Crippen molar-refractivity contribution in [3.05, 3.63) is 69.8 Å². The van der Waals surface area contributed by atoms with Crippen molar-refractivity contribution in [3.8, 4) is 0 Å². The van der Waals surface area contributed by atoms with Crippen molar-refractivity contribution in [2.75, 3.05) is 0 Å². The minimum atomic E-state index is -0.575. The molecule has 0 bridgehead atoms. The van der Waals surface area contributed by atoms with Gasteiger partial charge in [0.05, 0.1) is 0 Å². The summed E-state index contributed by atoms with van der Waals surface area (Å²) in [6.07, 6.45) is 0.648. The molecule has 31 heavy (non-hydrogen) atoms. The number of nitrogens with zero attached hydrogens (tertiary/aromatic N) is 1. The molecule has 160 valence electrons. The summed E-state index contributed by atoms with van der Waals surface area (Å²) >= 11 is 0. The Balaban J connectivity index is 1.25. The second-order valence-electron chi connectivity index (χ2n) is 8.63. The Morgan fingerprint density at radius 1 is 1.06 bits per heavy atom. The van der Waals surface area contributed by atoms with Gasteiger partial charge in [-0.25, -0.2) is 0 Å². The first-order valence-electron chi connectivity index (χ1n) is 10.8. The molecular weight excluding hydrogens is 392 g/mol. The number of amides is 3. The van der Waals surface area contributed by atoms with E-state index in [-0.39, 0.29) is 30.2 Å². The molecule has 3 heterocycles. The molecule has 2 aromatic carbocycles. The van der Waals surface area contributed by atoms with Gasteiger partial charge >= 0.3 is 0 Å². The van der Waals surface area contributed by atoms with Gasteiger partial charge < -0.3 is 15.5 Å². The second-order valence-corrected chi connectivity index (χ2v) is 8.63. The van der Waals surface area contributed by atoms with Gasteiger partial charge in [-0.2, -0.15) is 0 Å². The summed E-state index contributed by atoms with van der Waals surface area (Å²) < 4.78 is 0. The molecule has 2 atom stereocenters. The van der Waals surface area contributed by atoms with Gasteiger partial charge in [-0.05, 0) is 47.2 Å². The Morgan fingerprint density at radius 2 is 1.87 bits per heavy atom. The number of carbonyl (C=O) groups excluding carboxylic acids is 3. The van der Waals surface area contributed by atoms with Crippen molar-refractivity contribution in [2.45, 2.75) is 58.0 Å². The van der Waals surface area contributed by atoms with Crippen LogP contribution in [0.1, 0.15) is 64.0 Å². The van der Waals surface area contributed by atoms with Gasteiger partial charge in [-0.1, -0.05) is 30.3 Å². The molecule has 0 saturated carbocycles. The Morgan fingerprint density at radius 3 is 2.71 bits per heavy atom. The van der Waals surface area contributed by atoms with Crippen LogP contribution in [0.4, 0.5) is 0 Å². The molecular formula is C24H26N4O3. The third-order valence-electron chi connectivity index (χ3n) is 6.57. The van der Waals surface area contributed by atoms with Crippen molar-refractivity contribution in [2.24, 2.45) is 0 Å². The molecule has 7 nitrogen and oxygen atoms in total. The number of nitrogens with one attached hydrogen (secondary N) is 3. The lowest BCUT2D eigenvalue weighted by Crippen LogP contribution is -2.52. The van der Waals surface area contributed by atoms with Crippen LogP contribution in [0.2, 0.25) is 0 Å². The maximum absolute atomic E-state index is 13.0. The molecule has 7 heteroatoms.